The summed E-state index contributed by atoms with van der Waals surface area (Å²) in [6, 6.07) is 0. The van der Waals surface area contributed by atoms with Gasteiger partial charge >= 0.3 is 17.1 Å². The Morgan fingerprint density at radius 3 is 0.923 bits per heavy atom. The van der Waals surface area contributed by atoms with Gasteiger partial charge in [0, 0.05) is 0 Å². The van der Waals surface area contributed by atoms with E-state index in [0.29, 0.717) is 0 Å². The molecule has 0 aliphatic rings. The van der Waals surface area contributed by atoms with Gasteiger partial charge in [-0.25, -0.2) is 26.3 Å². The van der Waals surface area contributed by atoms with Gasteiger partial charge < -0.3 is 9.11 Å². The summed E-state index contributed by atoms with van der Waals surface area (Å²) in [6.45, 7) is 0. The Bertz CT molecular complexity index is 263. The molecule has 0 heterocycles. The third kappa shape index (κ3) is 32.9. The SMILES string of the molecule is CNS(=O)(=O)[O-].CNS(=O)(=O)[O-].[Cu+2]. The molecule has 11 heteroatoms. The van der Waals surface area contributed by atoms with Crippen LogP contribution in [0.5, 0.6) is 0 Å². The molecule has 0 rings (SSSR count). The van der Waals surface area contributed by atoms with Gasteiger partial charge in [0.1, 0.15) is 0 Å². The largest absolute Gasteiger partial charge is 2.00 e. The summed E-state index contributed by atoms with van der Waals surface area (Å²) in [5.74, 6) is 0. The minimum atomic E-state index is -4.16. The van der Waals surface area contributed by atoms with Gasteiger partial charge in [0.25, 0.3) is 0 Å². The maximum absolute atomic E-state index is 9.33. The standard InChI is InChI=1S/2CH5NO3S.Cu/c2*1-2-6(3,4)5;/h2*2H,1H3,(H,3,4,5);/q;;+2/p-2. The molecule has 85 valence electrons. The number of hydrogen-bond donors (Lipinski definition) is 2. The van der Waals surface area contributed by atoms with E-state index in [1.165, 1.54) is 9.44 Å². The van der Waals surface area contributed by atoms with Crippen LogP contribution < -0.4 is 9.44 Å². The fourth-order valence-corrected chi connectivity index (χ4v) is 0. The minimum absolute atomic E-state index is 0. The first kappa shape index (κ1) is 18.9. The summed E-state index contributed by atoms with van der Waals surface area (Å²) in [5.41, 5.74) is 0. The Hall–Kier alpha value is 0.259. The molecule has 0 aromatic rings. The van der Waals surface area contributed by atoms with E-state index >= 15 is 0 Å². The second-order valence-corrected chi connectivity index (χ2v) is 3.95. The molecule has 0 bridgehead atoms. The summed E-state index contributed by atoms with van der Waals surface area (Å²) in [4.78, 5) is 0. The first-order chi connectivity index (χ1) is 5.12. The Labute approximate surface area is 87.3 Å². The van der Waals surface area contributed by atoms with Gasteiger partial charge in [0.2, 0.25) is 0 Å². The van der Waals surface area contributed by atoms with Gasteiger partial charge in [-0.15, -0.1) is 0 Å². The van der Waals surface area contributed by atoms with E-state index in [2.05, 4.69) is 0 Å². The topological polar surface area (TPSA) is 138 Å². The molecule has 0 aromatic heterocycles. The fourth-order valence-electron chi connectivity index (χ4n) is 0. The summed E-state index contributed by atoms with van der Waals surface area (Å²) in [7, 11) is -6.21. The van der Waals surface area contributed by atoms with Crippen molar-refractivity contribution in [2.45, 2.75) is 0 Å². The monoisotopic (exact) mass is 283 g/mol. The van der Waals surface area contributed by atoms with Crippen LogP contribution in [0.2, 0.25) is 0 Å². The smallest absolute Gasteiger partial charge is 0.735 e. The zero-order chi connectivity index (χ0) is 10.4. The van der Waals surface area contributed by atoms with Crippen molar-refractivity contribution < 1.29 is 43.0 Å². The predicted octanol–water partition coefficient (Wildman–Crippen LogP) is -2.67. The molecule has 2 N–H and O–H groups in total. The molecule has 0 aliphatic carbocycles. The van der Waals surface area contributed by atoms with Crippen LogP contribution in [0.25, 0.3) is 0 Å². The number of hydrogen-bond acceptors (Lipinski definition) is 6. The summed E-state index contributed by atoms with van der Waals surface area (Å²) >= 11 is 0. The van der Waals surface area contributed by atoms with Crippen LogP contribution in [0, 0.1) is 0 Å². The third-order valence-corrected chi connectivity index (χ3v) is 1.50. The van der Waals surface area contributed by atoms with E-state index in [0.717, 1.165) is 14.1 Å². The zero-order valence-electron chi connectivity index (χ0n) is 6.57. The van der Waals surface area contributed by atoms with Crippen molar-refractivity contribution >= 4 is 20.6 Å². The van der Waals surface area contributed by atoms with E-state index in [9.17, 15) is 25.9 Å². The van der Waals surface area contributed by atoms with Gasteiger partial charge in [-0.1, -0.05) is 0 Å². The van der Waals surface area contributed by atoms with Gasteiger partial charge in [-0.2, -0.15) is 0 Å². The Kier molecular flexibility index (Phi) is 11.1. The molecule has 0 atom stereocenters. The molecule has 1 radical (unpaired) electrons. The van der Waals surface area contributed by atoms with Crippen LogP contribution in [0.15, 0.2) is 0 Å². The molecule has 0 saturated heterocycles. The van der Waals surface area contributed by atoms with Crippen LogP contribution in [0.4, 0.5) is 0 Å². The maximum Gasteiger partial charge on any atom is 2.00 e. The van der Waals surface area contributed by atoms with E-state index < -0.39 is 20.6 Å². The van der Waals surface area contributed by atoms with Gasteiger partial charge in [0.15, 0.2) is 20.6 Å². The molecule has 0 spiro atoms. The van der Waals surface area contributed by atoms with Gasteiger partial charge in [-0.05, 0) is 14.1 Å². The molecule has 0 aliphatic heterocycles. The number of nitrogens with one attached hydrogen (secondary N) is 2. The van der Waals surface area contributed by atoms with Crippen LogP contribution in [-0.2, 0) is 37.7 Å². The average Bonchev–Trinajstić information content (AvgIpc) is 1.86. The van der Waals surface area contributed by atoms with Crippen molar-refractivity contribution in [1.82, 2.24) is 9.44 Å². The molecule has 0 fully saturated rings. The first-order valence-electron chi connectivity index (χ1n) is 2.41. The summed E-state index contributed by atoms with van der Waals surface area (Å²) < 4.78 is 59.0. The van der Waals surface area contributed by atoms with Crippen LogP contribution in [-0.4, -0.2) is 40.0 Å². The van der Waals surface area contributed by atoms with Crippen molar-refractivity contribution in [3.05, 3.63) is 0 Å². The van der Waals surface area contributed by atoms with Crippen molar-refractivity contribution in [1.29, 1.82) is 0 Å². The third-order valence-electron chi connectivity index (χ3n) is 0.500. The molecule has 8 nitrogen and oxygen atoms in total. The molecular weight excluding hydrogens is 276 g/mol. The van der Waals surface area contributed by atoms with Crippen molar-refractivity contribution in [2.24, 2.45) is 0 Å². The molecule has 0 amide bonds. The van der Waals surface area contributed by atoms with E-state index in [4.69, 9.17) is 0 Å². The van der Waals surface area contributed by atoms with Crippen molar-refractivity contribution in [2.75, 3.05) is 14.1 Å². The van der Waals surface area contributed by atoms with E-state index in [1.807, 2.05) is 0 Å². The second kappa shape index (κ2) is 7.64. The normalized spacial score (nSPS) is 10.8. The molecule has 0 unspecified atom stereocenters. The van der Waals surface area contributed by atoms with Crippen molar-refractivity contribution in [3.8, 4) is 0 Å². The molecular formula is C2H8CuN2O6S2. The average molecular weight is 284 g/mol. The quantitative estimate of drug-likeness (QED) is 0.418. The Balaban J connectivity index is -0.000000143. The first-order valence-corrected chi connectivity index (χ1v) is 5.22. The van der Waals surface area contributed by atoms with E-state index in [1.54, 1.807) is 0 Å². The fraction of sp³-hybridized carbons (Fsp3) is 1.00. The van der Waals surface area contributed by atoms with Gasteiger partial charge in [0.05, 0.1) is 0 Å². The number of rotatable bonds is 2. The zero-order valence-corrected chi connectivity index (χ0v) is 9.14. The van der Waals surface area contributed by atoms with Crippen molar-refractivity contribution in [3.63, 3.8) is 0 Å². The minimum Gasteiger partial charge on any atom is -0.735 e. The maximum atomic E-state index is 9.33. The Morgan fingerprint density at radius 2 is 0.923 bits per heavy atom. The van der Waals surface area contributed by atoms with Gasteiger partial charge in [-0.3, -0.25) is 0 Å². The van der Waals surface area contributed by atoms with Crippen LogP contribution in [0.1, 0.15) is 0 Å². The van der Waals surface area contributed by atoms with E-state index in [-0.39, 0.29) is 17.1 Å². The Morgan fingerprint density at radius 1 is 0.846 bits per heavy atom. The molecule has 0 aromatic carbocycles. The summed E-state index contributed by atoms with van der Waals surface area (Å²) in [6.07, 6.45) is 0. The van der Waals surface area contributed by atoms with Crippen LogP contribution in [0.3, 0.4) is 0 Å². The molecule has 13 heavy (non-hydrogen) atoms. The predicted molar refractivity (Wildman–Crippen MR) is 37.5 cm³/mol. The van der Waals surface area contributed by atoms with Crippen LogP contribution >= 0.6 is 0 Å². The summed E-state index contributed by atoms with van der Waals surface area (Å²) in [5, 5.41) is 0. The molecule has 0 saturated carbocycles. The second-order valence-electron chi connectivity index (χ2n) is 1.32.